The van der Waals surface area contributed by atoms with Crippen molar-refractivity contribution in [3.8, 4) is 0 Å². The van der Waals surface area contributed by atoms with Gasteiger partial charge in [0.1, 0.15) is 0 Å². The van der Waals surface area contributed by atoms with Crippen LogP contribution in [0.1, 0.15) is 28.4 Å². The minimum atomic E-state index is -0.962. The van der Waals surface area contributed by atoms with Crippen LogP contribution in [0.25, 0.3) is 0 Å². The zero-order valence-electron chi connectivity index (χ0n) is 13.5. The third-order valence-electron chi connectivity index (χ3n) is 3.24. The summed E-state index contributed by atoms with van der Waals surface area (Å²) in [6.45, 7) is 5.29. The molecule has 1 atom stereocenters. The highest BCUT2D eigenvalue weighted by Crippen LogP contribution is 2.22. The number of benzene rings is 2. The van der Waals surface area contributed by atoms with Crippen LogP contribution in [0.5, 0.6) is 0 Å². The number of amides is 1. The monoisotopic (exact) mass is 365 g/mol. The van der Waals surface area contributed by atoms with Gasteiger partial charge >= 0.3 is 5.97 Å². The van der Waals surface area contributed by atoms with Crippen molar-refractivity contribution in [2.24, 2.45) is 0 Å². The second-order valence-electron chi connectivity index (χ2n) is 5.57. The highest BCUT2D eigenvalue weighted by molar-refractivity contribution is 6.35. The normalized spacial score (nSPS) is 11.7. The molecule has 2 aromatic carbocycles. The standard InChI is InChI=1S/C18H17Cl2NO3/c1-10-4-11(2)6-13(5-10)18(23)24-12(3)17(22)21-16-8-14(19)7-15(20)9-16/h4-9,12H,1-3H3,(H,21,22). The van der Waals surface area contributed by atoms with Crippen molar-refractivity contribution in [2.75, 3.05) is 5.32 Å². The number of esters is 1. The fourth-order valence-corrected chi connectivity index (χ4v) is 2.77. The van der Waals surface area contributed by atoms with Crippen LogP contribution in [-0.2, 0) is 9.53 Å². The number of rotatable bonds is 4. The van der Waals surface area contributed by atoms with E-state index in [0.717, 1.165) is 11.1 Å². The van der Waals surface area contributed by atoms with Crippen LogP contribution < -0.4 is 5.32 Å². The van der Waals surface area contributed by atoms with Crippen molar-refractivity contribution in [1.82, 2.24) is 0 Å². The zero-order valence-corrected chi connectivity index (χ0v) is 15.0. The lowest BCUT2D eigenvalue weighted by atomic mass is 10.1. The van der Waals surface area contributed by atoms with Crippen molar-refractivity contribution in [3.05, 3.63) is 63.1 Å². The molecule has 0 spiro atoms. The Morgan fingerprint density at radius 1 is 0.958 bits per heavy atom. The molecule has 2 aromatic rings. The van der Waals surface area contributed by atoms with Crippen LogP contribution in [0.2, 0.25) is 10.0 Å². The third kappa shape index (κ3) is 4.98. The van der Waals surface area contributed by atoms with Crippen molar-refractivity contribution in [3.63, 3.8) is 0 Å². The van der Waals surface area contributed by atoms with Gasteiger partial charge in [-0.05, 0) is 51.1 Å². The molecule has 0 aliphatic carbocycles. The van der Waals surface area contributed by atoms with E-state index in [1.54, 1.807) is 30.3 Å². The first-order valence-corrected chi connectivity index (χ1v) is 8.06. The first kappa shape index (κ1) is 18.3. The number of anilines is 1. The Balaban J connectivity index is 2.04. The highest BCUT2D eigenvalue weighted by atomic mass is 35.5. The van der Waals surface area contributed by atoms with Gasteiger partial charge in [-0.15, -0.1) is 0 Å². The van der Waals surface area contributed by atoms with Gasteiger partial charge in [0, 0.05) is 15.7 Å². The molecule has 0 bridgehead atoms. The molecule has 0 aromatic heterocycles. The molecule has 0 heterocycles. The molecule has 0 fully saturated rings. The summed E-state index contributed by atoms with van der Waals surface area (Å²) in [5.41, 5.74) is 2.75. The number of carbonyl (C=O) groups is 2. The maximum absolute atomic E-state index is 12.2. The predicted molar refractivity (Wildman–Crippen MR) is 95.9 cm³/mol. The Kier molecular flexibility index (Phi) is 5.86. The van der Waals surface area contributed by atoms with Crippen LogP contribution in [0.4, 0.5) is 5.69 Å². The number of halogens is 2. The van der Waals surface area contributed by atoms with Gasteiger partial charge in [-0.25, -0.2) is 4.79 Å². The van der Waals surface area contributed by atoms with Crippen molar-refractivity contribution in [1.29, 1.82) is 0 Å². The molecule has 0 saturated heterocycles. The molecular weight excluding hydrogens is 349 g/mol. The molecule has 1 N–H and O–H groups in total. The summed E-state index contributed by atoms with van der Waals surface area (Å²) in [5, 5.41) is 3.42. The Morgan fingerprint density at radius 2 is 1.50 bits per heavy atom. The highest BCUT2D eigenvalue weighted by Gasteiger charge is 2.19. The van der Waals surface area contributed by atoms with Crippen LogP contribution in [0, 0.1) is 13.8 Å². The first-order valence-electron chi connectivity index (χ1n) is 7.31. The molecule has 24 heavy (non-hydrogen) atoms. The molecule has 126 valence electrons. The molecule has 0 aliphatic heterocycles. The SMILES string of the molecule is Cc1cc(C)cc(C(=O)OC(C)C(=O)Nc2cc(Cl)cc(Cl)c2)c1. The lowest BCUT2D eigenvalue weighted by Gasteiger charge is -2.14. The van der Waals surface area contributed by atoms with Gasteiger partial charge in [0.2, 0.25) is 0 Å². The van der Waals surface area contributed by atoms with Crippen LogP contribution in [0.15, 0.2) is 36.4 Å². The number of aryl methyl sites for hydroxylation is 2. The average Bonchev–Trinajstić information content (AvgIpc) is 2.44. The van der Waals surface area contributed by atoms with E-state index in [1.165, 1.54) is 6.92 Å². The first-order chi connectivity index (χ1) is 11.2. The lowest BCUT2D eigenvalue weighted by Crippen LogP contribution is -2.30. The second kappa shape index (κ2) is 7.69. The van der Waals surface area contributed by atoms with Gasteiger partial charge in [-0.3, -0.25) is 4.79 Å². The molecule has 1 amide bonds. The minimum Gasteiger partial charge on any atom is -0.449 e. The number of nitrogens with one attached hydrogen (secondary N) is 1. The van der Waals surface area contributed by atoms with E-state index in [4.69, 9.17) is 27.9 Å². The Morgan fingerprint density at radius 3 is 2.04 bits per heavy atom. The van der Waals surface area contributed by atoms with E-state index in [1.807, 2.05) is 19.9 Å². The molecular formula is C18H17Cl2NO3. The average molecular weight is 366 g/mol. The lowest BCUT2D eigenvalue weighted by molar-refractivity contribution is -0.123. The number of ether oxygens (including phenoxy) is 1. The summed E-state index contributed by atoms with van der Waals surface area (Å²) in [6, 6.07) is 10.1. The van der Waals surface area contributed by atoms with E-state index in [-0.39, 0.29) is 0 Å². The van der Waals surface area contributed by atoms with Crippen LogP contribution in [0.3, 0.4) is 0 Å². The van der Waals surface area contributed by atoms with Gasteiger partial charge in [0.05, 0.1) is 5.56 Å². The van der Waals surface area contributed by atoms with Crippen molar-refractivity contribution >= 4 is 40.8 Å². The maximum Gasteiger partial charge on any atom is 0.338 e. The topological polar surface area (TPSA) is 55.4 Å². The summed E-state index contributed by atoms with van der Waals surface area (Å²) < 4.78 is 5.22. The molecule has 6 heteroatoms. The predicted octanol–water partition coefficient (Wildman–Crippen LogP) is 4.79. The van der Waals surface area contributed by atoms with E-state index in [9.17, 15) is 9.59 Å². The van der Waals surface area contributed by atoms with E-state index in [2.05, 4.69) is 5.32 Å². The number of hydrogen-bond donors (Lipinski definition) is 1. The molecule has 0 radical (unpaired) electrons. The molecule has 1 unspecified atom stereocenters. The fraction of sp³-hybridized carbons (Fsp3) is 0.222. The van der Waals surface area contributed by atoms with Gasteiger partial charge in [0.25, 0.3) is 5.91 Å². The van der Waals surface area contributed by atoms with E-state index < -0.39 is 18.0 Å². The zero-order chi connectivity index (χ0) is 17.9. The van der Waals surface area contributed by atoms with Gasteiger partial charge < -0.3 is 10.1 Å². The molecule has 2 rings (SSSR count). The van der Waals surface area contributed by atoms with Gasteiger partial charge in [-0.2, -0.15) is 0 Å². The van der Waals surface area contributed by atoms with Crippen molar-refractivity contribution in [2.45, 2.75) is 26.9 Å². The Hall–Kier alpha value is -2.04. The van der Waals surface area contributed by atoms with E-state index >= 15 is 0 Å². The minimum absolute atomic E-state index is 0.401. The van der Waals surface area contributed by atoms with Crippen LogP contribution in [-0.4, -0.2) is 18.0 Å². The molecule has 4 nitrogen and oxygen atoms in total. The molecule has 0 saturated carbocycles. The third-order valence-corrected chi connectivity index (χ3v) is 3.68. The van der Waals surface area contributed by atoms with Gasteiger partial charge in [0.15, 0.2) is 6.10 Å². The smallest absolute Gasteiger partial charge is 0.338 e. The quantitative estimate of drug-likeness (QED) is 0.792. The molecule has 0 aliphatic rings. The summed E-state index contributed by atoms with van der Waals surface area (Å²) in [7, 11) is 0. The fourth-order valence-electron chi connectivity index (χ4n) is 2.24. The second-order valence-corrected chi connectivity index (χ2v) is 6.44. The summed E-state index contributed by atoms with van der Waals surface area (Å²) in [6.07, 6.45) is -0.962. The Labute approximate surface area is 150 Å². The number of carbonyl (C=O) groups excluding carboxylic acids is 2. The maximum atomic E-state index is 12.2. The van der Waals surface area contributed by atoms with Crippen molar-refractivity contribution < 1.29 is 14.3 Å². The van der Waals surface area contributed by atoms with Gasteiger partial charge in [-0.1, -0.05) is 40.4 Å². The number of hydrogen-bond acceptors (Lipinski definition) is 3. The van der Waals surface area contributed by atoms with Crippen LogP contribution >= 0.6 is 23.2 Å². The summed E-state index contributed by atoms with van der Waals surface area (Å²) in [4.78, 5) is 24.3. The van der Waals surface area contributed by atoms with E-state index in [0.29, 0.717) is 21.3 Å². The largest absolute Gasteiger partial charge is 0.449 e. The Bertz CT molecular complexity index is 749. The summed E-state index contributed by atoms with van der Waals surface area (Å²) in [5.74, 6) is -1.01. The summed E-state index contributed by atoms with van der Waals surface area (Å²) >= 11 is 11.8.